The number of rotatable bonds is 4. The number of carboxylic acids is 1. The van der Waals surface area contributed by atoms with Gasteiger partial charge < -0.3 is 10.0 Å². The molecule has 25 heavy (non-hydrogen) atoms. The molecule has 3 aliphatic rings. The number of amides is 1. The van der Waals surface area contributed by atoms with Crippen LogP contribution in [0.4, 0.5) is 0 Å². The zero-order valence-electron chi connectivity index (χ0n) is 14.8. The van der Waals surface area contributed by atoms with E-state index in [4.69, 9.17) is 0 Å². The summed E-state index contributed by atoms with van der Waals surface area (Å²) >= 11 is 0. The molecule has 2 bridgehead atoms. The van der Waals surface area contributed by atoms with Crippen LogP contribution < -0.4 is 0 Å². The summed E-state index contributed by atoms with van der Waals surface area (Å²) in [5.41, 5.74) is 1.95. The van der Waals surface area contributed by atoms with Gasteiger partial charge in [0.1, 0.15) is 0 Å². The number of benzene rings is 1. The van der Waals surface area contributed by atoms with Crippen molar-refractivity contribution in [2.75, 3.05) is 13.1 Å². The standard InChI is InChI=1S/C20H26N2O3/c1-2-20(19(24)25)11-16-7-8-17(20)22(16)18(23)13-21-10-9-14-5-3-4-6-15(14)12-21/h3-6,16-17H,2,7-13H2,1H3,(H,24,25)/t16-,17+,20+/m0/s1. The van der Waals surface area contributed by atoms with Gasteiger partial charge in [0.15, 0.2) is 0 Å². The van der Waals surface area contributed by atoms with E-state index in [2.05, 4.69) is 23.1 Å². The van der Waals surface area contributed by atoms with Crippen LogP contribution in [0.3, 0.4) is 0 Å². The fourth-order valence-corrected chi connectivity index (χ4v) is 5.28. The van der Waals surface area contributed by atoms with Crippen LogP contribution in [0, 0.1) is 5.41 Å². The third-order valence-electron chi connectivity index (χ3n) is 6.65. The molecule has 1 amide bonds. The van der Waals surface area contributed by atoms with Crippen molar-refractivity contribution in [3.8, 4) is 0 Å². The van der Waals surface area contributed by atoms with Gasteiger partial charge in [0.05, 0.1) is 12.0 Å². The Morgan fingerprint density at radius 3 is 2.68 bits per heavy atom. The van der Waals surface area contributed by atoms with E-state index in [1.165, 1.54) is 11.1 Å². The molecule has 3 atom stereocenters. The third kappa shape index (κ3) is 2.56. The van der Waals surface area contributed by atoms with Gasteiger partial charge in [0.25, 0.3) is 0 Å². The van der Waals surface area contributed by atoms with Gasteiger partial charge in [-0.25, -0.2) is 0 Å². The highest BCUT2D eigenvalue weighted by Gasteiger charge is 2.60. The van der Waals surface area contributed by atoms with Crippen molar-refractivity contribution in [2.45, 2.75) is 57.7 Å². The average Bonchev–Trinajstić information content (AvgIpc) is 3.18. The maximum atomic E-state index is 13.0. The Labute approximate surface area is 148 Å². The minimum atomic E-state index is -0.730. The third-order valence-corrected chi connectivity index (χ3v) is 6.65. The minimum absolute atomic E-state index is 0.114. The number of hydrogen-bond donors (Lipinski definition) is 1. The van der Waals surface area contributed by atoms with Gasteiger partial charge in [0, 0.05) is 25.2 Å². The average molecular weight is 342 g/mol. The molecule has 3 heterocycles. The monoisotopic (exact) mass is 342 g/mol. The van der Waals surface area contributed by atoms with E-state index in [1.54, 1.807) is 0 Å². The predicted octanol–water partition coefficient (Wildman–Crippen LogP) is 2.29. The summed E-state index contributed by atoms with van der Waals surface area (Å²) in [6, 6.07) is 8.41. The Balaban J connectivity index is 1.47. The zero-order chi connectivity index (χ0) is 17.6. The molecule has 2 fully saturated rings. The zero-order valence-corrected chi connectivity index (χ0v) is 14.8. The molecule has 0 radical (unpaired) electrons. The highest BCUT2D eigenvalue weighted by molar-refractivity contribution is 5.84. The Morgan fingerprint density at radius 1 is 1.24 bits per heavy atom. The largest absolute Gasteiger partial charge is 0.481 e. The lowest BCUT2D eigenvalue weighted by Gasteiger charge is -2.34. The summed E-state index contributed by atoms with van der Waals surface area (Å²) in [4.78, 5) is 29.0. The second kappa shape index (κ2) is 6.13. The van der Waals surface area contributed by atoms with E-state index in [0.717, 1.165) is 32.4 Å². The lowest BCUT2D eigenvalue weighted by molar-refractivity contribution is -0.152. The number of aliphatic carboxylic acids is 1. The van der Waals surface area contributed by atoms with Gasteiger partial charge >= 0.3 is 5.97 Å². The van der Waals surface area contributed by atoms with Crippen LogP contribution in [0.1, 0.15) is 43.7 Å². The Kier molecular flexibility index (Phi) is 4.07. The van der Waals surface area contributed by atoms with Crippen molar-refractivity contribution in [1.82, 2.24) is 9.80 Å². The van der Waals surface area contributed by atoms with Crippen molar-refractivity contribution < 1.29 is 14.7 Å². The SMILES string of the molecule is CC[C@@]1(C(=O)O)C[C@@H]2CC[C@H]1N2C(=O)CN1CCc2ccccc2C1. The number of carbonyl (C=O) groups excluding carboxylic acids is 1. The number of carboxylic acid groups (broad SMARTS) is 1. The first-order valence-electron chi connectivity index (χ1n) is 9.39. The second-order valence-corrected chi connectivity index (χ2v) is 7.80. The van der Waals surface area contributed by atoms with E-state index in [0.29, 0.717) is 19.4 Å². The summed E-state index contributed by atoms with van der Waals surface area (Å²) in [7, 11) is 0. The van der Waals surface area contributed by atoms with Crippen LogP contribution in [-0.2, 0) is 22.6 Å². The summed E-state index contributed by atoms with van der Waals surface area (Å²) in [6.07, 6.45) is 3.99. The highest BCUT2D eigenvalue weighted by Crippen LogP contribution is 2.51. The molecule has 4 rings (SSSR count). The first-order valence-corrected chi connectivity index (χ1v) is 9.39. The smallest absolute Gasteiger partial charge is 0.311 e. The van der Waals surface area contributed by atoms with Crippen LogP contribution >= 0.6 is 0 Å². The van der Waals surface area contributed by atoms with Gasteiger partial charge in [-0.15, -0.1) is 0 Å². The molecule has 0 aliphatic carbocycles. The number of carbonyl (C=O) groups is 2. The van der Waals surface area contributed by atoms with Gasteiger partial charge in [0.2, 0.25) is 5.91 Å². The number of hydrogen-bond acceptors (Lipinski definition) is 3. The van der Waals surface area contributed by atoms with Crippen molar-refractivity contribution in [2.24, 2.45) is 5.41 Å². The van der Waals surface area contributed by atoms with Crippen molar-refractivity contribution in [3.63, 3.8) is 0 Å². The summed E-state index contributed by atoms with van der Waals surface area (Å²) < 4.78 is 0. The summed E-state index contributed by atoms with van der Waals surface area (Å²) in [5.74, 6) is -0.615. The quantitative estimate of drug-likeness (QED) is 0.912. The maximum absolute atomic E-state index is 13.0. The molecule has 0 saturated carbocycles. The molecular weight excluding hydrogens is 316 g/mol. The van der Waals surface area contributed by atoms with Crippen LogP contribution in [0.2, 0.25) is 0 Å². The molecule has 0 unspecified atom stereocenters. The van der Waals surface area contributed by atoms with Gasteiger partial charge in [-0.05, 0) is 43.2 Å². The fourth-order valence-electron chi connectivity index (χ4n) is 5.28. The molecule has 0 aromatic heterocycles. The first kappa shape index (κ1) is 16.6. The Morgan fingerprint density at radius 2 is 2.00 bits per heavy atom. The normalized spacial score (nSPS) is 31.2. The molecule has 0 spiro atoms. The van der Waals surface area contributed by atoms with Crippen LogP contribution in [0.25, 0.3) is 0 Å². The lowest BCUT2D eigenvalue weighted by atomic mass is 9.72. The lowest BCUT2D eigenvalue weighted by Crippen LogP contribution is -2.48. The second-order valence-electron chi connectivity index (χ2n) is 7.80. The van der Waals surface area contributed by atoms with Gasteiger partial charge in [-0.1, -0.05) is 31.2 Å². The van der Waals surface area contributed by atoms with Crippen molar-refractivity contribution >= 4 is 11.9 Å². The number of fused-ring (bicyclic) bond motifs is 3. The first-order chi connectivity index (χ1) is 12.0. The highest BCUT2D eigenvalue weighted by atomic mass is 16.4. The molecule has 5 nitrogen and oxygen atoms in total. The Hall–Kier alpha value is -1.88. The molecule has 3 aliphatic heterocycles. The molecule has 1 aromatic carbocycles. The molecule has 5 heteroatoms. The van der Waals surface area contributed by atoms with Crippen molar-refractivity contribution in [3.05, 3.63) is 35.4 Å². The molecule has 134 valence electrons. The maximum Gasteiger partial charge on any atom is 0.311 e. The molecule has 1 aromatic rings. The van der Waals surface area contributed by atoms with E-state index in [-0.39, 0.29) is 18.0 Å². The van der Waals surface area contributed by atoms with E-state index >= 15 is 0 Å². The molecule has 2 saturated heterocycles. The Bertz CT molecular complexity index is 704. The van der Waals surface area contributed by atoms with Crippen LogP contribution in [-0.4, -0.2) is 52.0 Å². The van der Waals surface area contributed by atoms with E-state index in [1.807, 2.05) is 17.9 Å². The minimum Gasteiger partial charge on any atom is -0.481 e. The van der Waals surface area contributed by atoms with E-state index in [9.17, 15) is 14.7 Å². The van der Waals surface area contributed by atoms with Crippen LogP contribution in [0.15, 0.2) is 24.3 Å². The van der Waals surface area contributed by atoms with Gasteiger partial charge in [-0.2, -0.15) is 0 Å². The predicted molar refractivity (Wildman–Crippen MR) is 94.1 cm³/mol. The summed E-state index contributed by atoms with van der Waals surface area (Å²) in [6.45, 7) is 4.05. The summed E-state index contributed by atoms with van der Waals surface area (Å²) in [5, 5.41) is 9.77. The van der Waals surface area contributed by atoms with Crippen molar-refractivity contribution in [1.29, 1.82) is 0 Å². The van der Waals surface area contributed by atoms with E-state index < -0.39 is 11.4 Å². The van der Waals surface area contributed by atoms with Crippen LogP contribution in [0.5, 0.6) is 0 Å². The molecule has 1 N–H and O–H groups in total. The molecular formula is C20H26N2O3. The fraction of sp³-hybridized carbons (Fsp3) is 0.600. The number of nitrogens with zero attached hydrogens (tertiary/aromatic N) is 2. The van der Waals surface area contributed by atoms with Gasteiger partial charge in [-0.3, -0.25) is 14.5 Å². The topological polar surface area (TPSA) is 60.9 Å².